The molecule has 0 aliphatic carbocycles. The largest absolute Gasteiger partial charge is 0.497 e. The fraction of sp³-hybridized carbons (Fsp3) is 0.350. The van der Waals surface area contributed by atoms with Gasteiger partial charge in [0.1, 0.15) is 11.5 Å². The predicted molar refractivity (Wildman–Crippen MR) is 98.2 cm³/mol. The van der Waals surface area contributed by atoms with Crippen molar-refractivity contribution in [1.82, 2.24) is 4.90 Å². The lowest BCUT2D eigenvalue weighted by Gasteiger charge is -2.24. The number of nitrogens with one attached hydrogen (secondary N) is 1. The maximum Gasteiger partial charge on any atom is 0.238 e. The number of carbonyl (C=O) groups excluding carboxylic acids is 1. The van der Waals surface area contributed by atoms with Crippen molar-refractivity contribution in [3.05, 3.63) is 54.1 Å². The van der Waals surface area contributed by atoms with Crippen molar-refractivity contribution in [3.8, 4) is 11.5 Å². The van der Waals surface area contributed by atoms with Crippen LogP contribution in [0.25, 0.3) is 0 Å². The van der Waals surface area contributed by atoms with Crippen LogP contribution in [0.2, 0.25) is 0 Å². The number of carbonyl (C=O) groups is 1. The molecule has 132 valence electrons. The number of methoxy groups -OCH3 is 2. The van der Waals surface area contributed by atoms with Crippen molar-refractivity contribution in [2.75, 3.05) is 32.6 Å². The molecular formula is C20H24N2O3. The molecule has 1 atom stereocenters. The molecule has 0 radical (unpaired) electrons. The first kappa shape index (κ1) is 17.3. The Kier molecular flexibility index (Phi) is 5.56. The molecule has 0 saturated carbocycles. The Morgan fingerprint density at radius 1 is 1.12 bits per heavy atom. The standard InChI is InChI=1S/C20H24N2O3/c1-24-17-10-8-16(9-11-17)21-20(23)14-22-12-4-7-19(22)15-5-3-6-18(13-15)25-2/h3,5-6,8-11,13,19H,4,7,12,14H2,1-2H3,(H,21,23). The maximum atomic E-state index is 12.4. The van der Waals surface area contributed by atoms with Crippen molar-refractivity contribution in [2.45, 2.75) is 18.9 Å². The Morgan fingerprint density at radius 2 is 1.88 bits per heavy atom. The molecule has 3 rings (SSSR count). The first-order valence-electron chi connectivity index (χ1n) is 8.51. The zero-order valence-corrected chi connectivity index (χ0v) is 14.7. The number of hydrogen-bond donors (Lipinski definition) is 1. The molecule has 1 N–H and O–H groups in total. The second kappa shape index (κ2) is 8.03. The molecule has 2 aromatic carbocycles. The normalized spacial score (nSPS) is 17.3. The van der Waals surface area contributed by atoms with Crippen LogP contribution in [0.5, 0.6) is 11.5 Å². The van der Waals surface area contributed by atoms with E-state index in [1.54, 1.807) is 14.2 Å². The highest BCUT2D eigenvalue weighted by Gasteiger charge is 2.27. The lowest BCUT2D eigenvalue weighted by atomic mass is 10.0. The quantitative estimate of drug-likeness (QED) is 0.875. The molecule has 0 spiro atoms. The molecule has 2 aromatic rings. The highest BCUT2D eigenvalue weighted by Crippen LogP contribution is 2.33. The summed E-state index contributed by atoms with van der Waals surface area (Å²) >= 11 is 0. The van der Waals surface area contributed by atoms with Gasteiger partial charge in [0.25, 0.3) is 0 Å². The maximum absolute atomic E-state index is 12.4. The van der Waals surface area contributed by atoms with Gasteiger partial charge < -0.3 is 14.8 Å². The Bertz CT molecular complexity index is 715. The minimum Gasteiger partial charge on any atom is -0.497 e. The highest BCUT2D eigenvalue weighted by atomic mass is 16.5. The lowest BCUT2D eigenvalue weighted by Crippen LogP contribution is -2.32. The predicted octanol–water partition coefficient (Wildman–Crippen LogP) is 3.48. The first-order valence-corrected chi connectivity index (χ1v) is 8.51. The number of rotatable bonds is 6. The molecule has 5 heteroatoms. The fourth-order valence-electron chi connectivity index (χ4n) is 3.30. The van der Waals surface area contributed by atoms with Crippen LogP contribution in [0.3, 0.4) is 0 Å². The van der Waals surface area contributed by atoms with E-state index in [2.05, 4.69) is 22.3 Å². The van der Waals surface area contributed by atoms with E-state index in [1.165, 1.54) is 5.56 Å². The van der Waals surface area contributed by atoms with Crippen molar-refractivity contribution in [1.29, 1.82) is 0 Å². The number of nitrogens with zero attached hydrogens (tertiary/aromatic N) is 1. The van der Waals surface area contributed by atoms with Crippen LogP contribution in [0.1, 0.15) is 24.4 Å². The molecule has 1 heterocycles. The third-order valence-electron chi connectivity index (χ3n) is 4.56. The number of likely N-dealkylation sites (tertiary alicyclic amines) is 1. The topological polar surface area (TPSA) is 50.8 Å². The van der Waals surface area contributed by atoms with Crippen molar-refractivity contribution >= 4 is 11.6 Å². The van der Waals surface area contributed by atoms with Crippen LogP contribution in [-0.4, -0.2) is 38.1 Å². The van der Waals surface area contributed by atoms with E-state index in [4.69, 9.17) is 9.47 Å². The van der Waals surface area contributed by atoms with Crippen LogP contribution in [0.4, 0.5) is 5.69 Å². The summed E-state index contributed by atoms with van der Waals surface area (Å²) in [6.07, 6.45) is 2.15. The minimum atomic E-state index is -0.0000343. The van der Waals surface area contributed by atoms with Crippen molar-refractivity contribution in [2.24, 2.45) is 0 Å². The summed E-state index contributed by atoms with van der Waals surface area (Å²) in [7, 11) is 3.30. The molecule has 25 heavy (non-hydrogen) atoms. The Balaban J connectivity index is 1.63. The van der Waals surface area contributed by atoms with Gasteiger partial charge in [-0.2, -0.15) is 0 Å². The molecular weight excluding hydrogens is 316 g/mol. The Morgan fingerprint density at radius 3 is 2.60 bits per heavy atom. The van der Waals surface area contributed by atoms with Gasteiger partial charge in [0.2, 0.25) is 5.91 Å². The lowest BCUT2D eigenvalue weighted by molar-refractivity contribution is -0.117. The smallest absolute Gasteiger partial charge is 0.238 e. The van der Waals surface area contributed by atoms with Crippen LogP contribution in [-0.2, 0) is 4.79 Å². The SMILES string of the molecule is COc1ccc(NC(=O)CN2CCCC2c2cccc(OC)c2)cc1. The molecule has 1 amide bonds. The first-order chi connectivity index (χ1) is 12.2. The summed E-state index contributed by atoms with van der Waals surface area (Å²) in [5, 5.41) is 2.95. The number of benzene rings is 2. The minimum absolute atomic E-state index is 0.0000343. The third-order valence-corrected chi connectivity index (χ3v) is 4.56. The van der Waals surface area contributed by atoms with E-state index in [-0.39, 0.29) is 11.9 Å². The van der Waals surface area contributed by atoms with Crippen molar-refractivity contribution in [3.63, 3.8) is 0 Å². The molecule has 0 bridgehead atoms. The van der Waals surface area contributed by atoms with Crippen LogP contribution >= 0.6 is 0 Å². The van der Waals surface area contributed by atoms with Gasteiger partial charge in [0.05, 0.1) is 20.8 Å². The molecule has 1 aliphatic heterocycles. The van der Waals surface area contributed by atoms with E-state index >= 15 is 0 Å². The second-order valence-corrected chi connectivity index (χ2v) is 6.18. The summed E-state index contributed by atoms with van der Waals surface area (Å²) in [4.78, 5) is 14.6. The van der Waals surface area contributed by atoms with Gasteiger partial charge in [-0.3, -0.25) is 9.69 Å². The van der Waals surface area contributed by atoms with Gasteiger partial charge in [-0.05, 0) is 61.3 Å². The van der Waals surface area contributed by atoms with Crippen LogP contribution < -0.4 is 14.8 Å². The van der Waals surface area contributed by atoms with E-state index in [0.29, 0.717) is 6.54 Å². The average molecular weight is 340 g/mol. The van der Waals surface area contributed by atoms with E-state index in [0.717, 1.165) is 36.6 Å². The summed E-state index contributed by atoms with van der Waals surface area (Å²) in [5.74, 6) is 1.63. The summed E-state index contributed by atoms with van der Waals surface area (Å²) in [6, 6.07) is 15.7. The molecule has 0 aromatic heterocycles. The molecule has 1 saturated heterocycles. The molecule has 1 unspecified atom stereocenters. The molecule has 1 aliphatic rings. The van der Waals surface area contributed by atoms with Gasteiger partial charge in [0, 0.05) is 11.7 Å². The zero-order chi connectivity index (χ0) is 17.6. The van der Waals surface area contributed by atoms with Gasteiger partial charge in [-0.25, -0.2) is 0 Å². The molecule has 5 nitrogen and oxygen atoms in total. The Labute approximate surface area is 148 Å². The number of anilines is 1. The fourth-order valence-corrected chi connectivity index (χ4v) is 3.30. The monoisotopic (exact) mass is 340 g/mol. The summed E-state index contributed by atoms with van der Waals surface area (Å²) in [6.45, 7) is 1.31. The number of amides is 1. The third kappa shape index (κ3) is 4.31. The number of ether oxygens (including phenoxy) is 2. The zero-order valence-electron chi connectivity index (χ0n) is 14.7. The second-order valence-electron chi connectivity index (χ2n) is 6.18. The summed E-state index contributed by atoms with van der Waals surface area (Å²) < 4.78 is 10.5. The van der Waals surface area contributed by atoms with Gasteiger partial charge in [0.15, 0.2) is 0 Å². The highest BCUT2D eigenvalue weighted by molar-refractivity contribution is 5.92. The van der Waals surface area contributed by atoms with Crippen LogP contribution in [0, 0.1) is 0 Å². The Hall–Kier alpha value is -2.53. The van der Waals surface area contributed by atoms with E-state index in [1.807, 2.05) is 36.4 Å². The van der Waals surface area contributed by atoms with Gasteiger partial charge in [-0.1, -0.05) is 12.1 Å². The number of hydrogen-bond acceptors (Lipinski definition) is 4. The van der Waals surface area contributed by atoms with Gasteiger partial charge in [-0.15, -0.1) is 0 Å². The van der Waals surface area contributed by atoms with Gasteiger partial charge >= 0.3 is 0 Å². The van der Waals surface area contributed by atoms with E-state index in [9.17, 15) is 4.79 Å². The van der Waals surface area contributed by atoms with E-state index < -0.39 is 0 Å². The molecule has 1 fully saturated rings. The van der Waals surface area contributed by atoms with Crippen molar-refractivity contribution < 1.29 is 14.3 Å². The van der Waals surface area contributed by atoms with Crippen LogP contribution in [0.15, 0.2) is 48.5 Å². The average Bonchev–Trinajstić information content (AvgIpc) is 3.10. The summed E-state index contributed by atoms with van der Waals surface area (Å²) in [5.41, 5.74) is 1.98.